The highest BCUT2D eigenvalue weighted by Gasteiger charge is 2.26. The third-order valence-corrected chi connectivity index (χ3v) is 6.00. The number of likely N-dealkylation sites (tertiary alicyclic amines) is 1. The number of nitrogens with two attached hydrogens (primary N) is 2. The number of hydrogen-bond donors (Lipinski definition) is 3. The number of primary amides is 1. The Bertz CT molecular complexity index is 1150. The zero-order chi connectivity index (χ0) is 24.1. The van der Waals surface area contributed by atoms with Crippen LogP contribution in [0, 0.1) is 0 Å². The van der Waals surface area contributed by atoms with E-state index < -0.39 is 5.91 Å². The van der Waals surface area contributed by atoms with E-state index in [0.29, 0.717) is 32.5 Å². The standard InChI is InChI=1S/C26H28N4O4/c27-15-18-1-5-19(6-2-18)20-14-23(25(28)33)26(29-16-20)34-22-9-11-30(12-10-22)24(32)13-17-3-7-21(31)8-4-17/h1-8,14,16,22,31H,9-13,15,27H2,(H2,28,33). The lowest BCUT2D eigenvalue weighted by atomic mass is 10.0. The van der Waals surface area contributed by atoms with Gasteiger partial charge in [0.05, 0.1) is 6.42 Å². The highest BCUT2D eigenvalue weighted by atomic mass is 16.5. The molecule has 1 saturated heterocycles. The van der Waals surface area contributed by atoms with Crippen LogP contribution < -0.4 is 16.2 Å². The fraction of sp³-hybridized carbons (Fsp3) is 0.269. The van der Waals surface area contributed by atoms with Gasteiger partial charge in [-0.2, -0.15) is 0 Å². The van der Waals surface area contributed by atoms with Gasteiger partial charge in [0.25, 0.3) is 5.91 Å². The summed E-state index contributed by atoms with van der Waals surface area (Å²) in [6.45, 7) is 1.57. The van der Waals surface area contributed by atoms with Crippen LogP contribution in [0.15, 0.2) is 60.8 Å². The molecule has 4 rings (SSSR count). The van der Waals surface area contributed by atoms with Crippen LogP contribution in [0.5, 0.6) is 11.6 Å². The normalized spacial score (nSPS) is 14.1. The second-order valence-electron chi connectivity index (χ2n) is 8.38. The van der Waals surface area contributed by atoms with Crippen LogP contribution in [0.4, 0.5) is 0 Å². The second kappa shape index (κ2) is 10.4. The molecule has 0 atom stereocenters. The first-order chi connectivity index (χ1) is 16.4. The number of aromatic hydroxyl groups is 1. The molecule has 3 aromatic rings. The topological polar surface area (TPSA) is 132 Å². The number of ether oxygens (including phenoxy) is 1. The molecular formula is C26H28N4O4. The molecule has 2 amide bonds. The molecule has 0 bridgehead atoms. The molecule has 8 nitrogen and oxygen atoms in total. The van der Waals surface area contributed by atoms with Crippen LogP contribution in [-0.2, 0) is 17.8 Å². The van der Waals surface area contributed by atoms with Gasteiger partial charge in [0.1, 0.15) is 17.4 Å². The first-order valence-corrected chi connectivity index (χ1v) is 11.2. The molecule has 1 aliphatic heterocycles. The van der Waals surface area contributed by atoms with Crippen molar-refractivity contribution in [1.82, 2.24) is 9.88 Å². The van der Waals surface area contributed by atoms with Gasteiger partial charge in [0.15, 0.2) is 0 Å². The summed E-state index contributed by atoms with van der Waals surface area (Å²) in [6.07, 6.45) is 3.04. The Kier molecular flexibility index (Phi) is 7.08. The van der Waals surface area contributed by atoms with Gasteiger partial charge < -0.3 is 26.2 Å². The Balaban J connectivity index is 1.38. The molecule has 1 fully saturated rings. The van der Waals surface area contributed by atoms with Crippen molar-refractivity contribution >= 4 is 11.8 Å². The molecule has 176 valence electrons. The summed E-state index contributed by atoms with van der Waals surface area (Å²) >= 11 is 0. The number of piperidine rings is 1. The Morgan fingerprint density at radius 2 is 1.65 bits per heavy atom. The second-order valence-corrected chi connectivity index (χ2v) is 8.38. The average Bonchev–Trinajstić information content (AvgIpc) is 2.86. The lowest BCUT2D eigenvalue weighted by Gasteiger charge is -2.32. The largest absolute Gasteiger partial charge is 0.508 e. The lowest BCUT2D eigenvalue weighted by molar-refractivity contribution is -0.132. The van der Waals surface area contributed by atoms with Crippen LogP contribution in [0.1, 0.15) is 34.3 Å². The third kappa shape index (κ3) is 5.52. The maximum atomic E-state index is 12.6. The van der Waals surface area contributed by atoms with E-state index in [4.69, 9.17) is 16.2 Å². The van der Waals surface area contributed by atoms with E-state index in [9.17, 15) is 14.7 Å². The molecular weight excluding hydrogens is 432 g/mol. The van der Waals surface area contributed by atoms with Crippen LogP contribution >= 0.6 is 0 Å². The Morgan fingerprint density at radius 1 is 1.00 bits per heavy atom. The highest BCUT2D eigenvalue weighted by molar-refractivity contribution is 5.96. The summed E-state index contributed by atoms with van der Waals surface area (Å²) in [7, 11) is 0. The summed E-state index contributed by atoms with van der Waals surface area (Å²) in [5, 5.41) is 9.39. The molecule has 5 N–H and O–H groups in total. The predicted molar refractivity (Wildman–Crippen MR) is 128 cm³/mol. The van der Waals surface area contributed by atoms with Gasteiger partial charge in [-0.3, -0.25) is 9.59 Å². The monoisotopic (exact) mass is 460 g/mol. The van der Waals surface area contributed by atoms with Gasteiger partial charge in [0.2, 0.25) is 11.8 Å². The number of carbonyl (C=O) groups excluding carboxylic acids is 2. The maximum absolute atomic E-state index is 12.6. The highest BCUT2D eigenvalue weighted by Crippen LogP contribution is 2.27. The van der Waals surface area contributed by atoms with E-state index in [1.165, 1.54) is 0 Å². The Hall–Kier alpha value is -3.91. The number of carbonyl (C=O) groups is 2. The molecule has 1 aromatic heterocycles. The van der Waals surface area contributed by atoms with Crippen LogP contribution in [-0.4, -0.2) is 46.0 Å². The molecule has 0 radical (unpaired) electrons. The van der Waals surface area contributed by atoms with Gasteiger partial charge >= 0.3 is 0 Å². The van der Waals surface area contributed by atoms with Crippen molar-refractivity contribution in [2.24, 2.45) is 11.5 Å². The summed E-state index contributed by atoms with van der Waals surface area (Å²) in [5.41, 5.74) is 15.0. The number of phenols is 1. The zero-order valence-corrected chi connectivity index (χ0v) is 18.8. The summed E-state index contributed by atoms with van der Waals surface area (Å²) < 4.78 is 6.04. The van der Waals surface area contributed by atoms with E-state index in [2.05, 4.69) is 4.98 Å². The number of amides is 2. The van der Waals surface area contributed by atoms with Crippen LogP contribution in [0.3, 0.4) is 0 Å². The minimum absolute atomic E-state index is 0.0325. The van der Waals surface area contributed by atoms with Gasteiger partial charge in [-0.1, -0.05) is 36.4 Å². The molecule has 0 aliphatic carbocycles. The van der Waals surface area contributed by atoms with Crippen molar-refractivity contribution in [1.29, 1.82) is 0 Å². The first kappa shape index (κ1) is 23.3. The summed E-state index contributed by atoms with van der Waals surface area (Å²) in [5.74, 6) is -0.186. The Labute approximate surface area is 198 Å². The number of pyridine rings is 1. The van der Waals surface area contributed by atoms with Crippen molar-refractivity contribution in [3.8, 4) is 22.8 Å². The number of rotatable bonds is 7. The minimum Gasteiger partial charge on any atom is -0.508 e. The average molecular weight is 461 g/mol. The third-order valence-electron chi connectivity index (χ3n) is 6.00. The lowest BCUT2D eigenvalue weighted by Crippen LogP contribution is -2.42. The van der Waals surface area contributed by atoms with E-state index in [0.717, 1.165) is 22.3 Å². The van der Waals surface area contributed by atoms with E-state index >= 15 is 0 Å². The van der Waals surface area contributed by atoms with Gasteiger partial charge in [-0.05, 0) is 34.9 Å². The fourth-order valence-corrected chi connectivity index (χ4v) is 3.99. The molecule has 2 heterocycles. The number of hydrogen-bond acceptors (Lipinski definition) is 6. The Morgan fingerprint density at radius 3 is 2.26 bits per heavy atom. The molecule has 2 aromatic carbocycles. The quantitative estimate of drug-likeness (QED) is 0.497. The van der Waals surface area contributed by atoms with Crippen LogP contribution in [0.25, 0.3) is 11.1 Å². The van der Waals surface area contributed by atoms with Gasteiger partial charge in [-0.15, -0.1) is 0 Å². The minimum atomic E-state index is -0.607. The molecule has 0 saturated carbocycles. The van der Waals surface area contributed by atoms with Crippen molar-refractivity contribution in [3.05, 3.63) is 77.5 Å². The van der Waals surface area contributed by atoms with Crippen molar-refractivity contribution in [3.63, 3.8) is 0 Å². The van der Waals surface area contributed by atoms with Gasteiger partial charge in [-0.25, -0.2) is 4.98 Å². The van der Waals surface area contributed by atoms with Crippen molar-refractivity contribution in [2.75, 3.05) is 13.1 Å². The first-order valence-electron chi connectivity index (χ1n) is 11.2. The maximum Gasteiger partial charge on any atom is 0.254 e. The van der Waals surface area contributed by atoms with Crippen LogP contribution in [0.2, 0.25) is 0 Å². The zero-order valence-electron chi connectivity index (χ0n) is 18.8. The van der Waals surface area contributed by atoms with Crippen molar-refractivity contribution < 1.29 is 19.4 Å². The van der Waals surface area contributed by atoms with E-state index in [1.54, 1.807) is 36.5 Å². The number of nitrogens with zero attached hydrogens (tertiary/aromatic N) is 2. The molecule has 0 unspecified atom stereocenters. The number of aromatic nitrogens is 1. The molecule has 0 spiro atoms. The summed E-state index contributed by atoms with van der Waals surface area (Å²) in [6, 6.07) is 16.1. The molecule has 8 heteroatoms. The van der Waals surface area contributed by atoms with Gasteiger partial charge in [0, 0.05) is 44.2 Å². The molecule has 34 heavy (non-hydrogen) atoms. The predicted octanol–water partition coefficient (Wildman–Crippen LogP) is 2.62. The number of benzene rings is 2. The number of phenolic OH excluding ortho intramolecular Hbond substituents is 1. The SMILES string of the molecule is NCc1ccc(-c2cnc(OC3CCN(C(=O)Cc4ccc(O)cc4)CC3)c(C(N)=O)c2)cc1. The molecule has 1 aliphatic rings. The fourth-order valence-electron chi connectivity index (χ4n) is 3.99. The van der Waals surface area contributed by atoms with E-state index in [-0.39, 0.29) is 35.6 Å². The smallest absolute Gasteiger partial charge is 0.254 e. The van der Waals surface area contributed by atoms with E-state index in [1.807, 2.05) is 29.2 Å². The van der Waals surface area contributed by atoms with Crippen molar-refractivity contribution in [2.45, 2.75) is 31.9 Å². The summed E-state index contributed by atoms with van der Waals surface area (Å²) in [4.78, 5) is 30.9.